The van der Waals surface area contributed by atoms with E-state index >= 15 is 0 Å². The summed E-state index contributed by atoms with van der Waals surface area (Å²) in [6, 6.07) is 7.55. The minimum Gasteiger partial charge on any atom is -0.334 e. The zero-order chi connectivity index (χ0) is 11.7. The minimum absolute atomic E-state index is 0.00486. The highest BCUT2D eigenvalue weighted by molar-refractivity contribution is 6.31. The standard InChI is InChI=1S/C12H15ClN2O/c1-8(10-4-2-3-5-11(10)13)15-7-9(14)6-12(15)16/h2-5,8-9H,6-7,14H2,1H3. The Kier molecular flexibility index (Phi) is 3.17. The van der Waals surface area contributed by atoms with Gasteiger partial charge in [0, 0.05) is 24.0 Å². The normalized spacial score (nSPS) is 22.6. The van der Waals surface area contributed by atoms with Gasteiger partial charge in [0.2, 0.25) is 5.91 Å². The van der Waals surface area contributed by atoms with Crippen LogP contribution < -0.4 is 5.73 Å². The molecule has 3 nitrogen and oxygen atoms in total. The zero-order valence-corrected chi connectivity index (χ0v) is 9.95. The summed E-state index contributed by atoms with van der Waals surface area (Å²) in [7, 11) is 0. The van der Waals surface area contributed by atoms with Crippen LogP contribution in [-0.4, -0.2) is 23.4 Å². The lowest BCUT2D eigenvalue weighted by molar-refractivity contribution is -0.129. The van der Waals surface area contributed by atoms with Crippen molar-refractivity contribution in [1.29, 1.82) is 0 Å². The van der Waals surface area contributed by atoms with Gasteiger partial charge in [-0.25, -0.2) is 0 Å². The van der Waals surface area contributed by atoms with Gasteiger partial charge in [0.15, 0.2) is 0 Å². The fraction of sp³-hybridized carbons (Fsp3) is 0.417. The van der Waals surface area contributed by atoms with Crippen LogP contribution in [-0.2, 0) is 4.79 Å². The third-order valence-electron chi connectivity index (χ3n) is 3.01. The Morgan fingerprint density at radius 3 is 2.75 bits per heavy atom. The maximum absolute atomic E-state index is 11.7. The minimum atomic E-state index is -0.0440. The van der Waals surface area contributed by atoms with Crippen LogP contribution in [0.25, 0.3) is 0 Å². The molecule has 86 valence electrons. The second kappa shape index (κ2) is 4.44. The quantitative estimate of drug-likeness (QED) is 0.856. The summed E-state index contributed by atoms with van der Waals surface area (Å²) in [5, 5.41) is 0.697. The SMILES string of the molecule is CC(c1ccccc1Cl)N1CC(N)CC1=O. The van der Waals surface area contributed by atoms with Gasteiger partial charge in [-0.2, -0.15) is 0 Å². The van der Waals surface area contributed by atoms with E-state index in [0.717, 1.165) is 5.56 Å². The lowest BCUT2D eigenvalue weighted by Gasteiger charge is -2.25. The van der Waals surface area contributed by atoms with E-state index < -0.39 is 0 Å². The van der Waals surface area contributed by atoms with E-state index in [0.29, 0.717) is 18.0 Å². The molecule has 1 aromatic carbocycles. The Labute approximate surface area is 100 Å². The van der Waals surface area contributed by atoms with Gasteiger partial charge in [-0.05, 0) is 18.6 Å². The summed E-state index contributed by atoms with van der Waals surface area (Å²) in [6.07, 6.45) is 0.439. The second-order valence-corrected chi connectivity index (χ2v) is 4.61. The second-order valence-electron chi connectivity index (χ2n) is 4.21. The number of nitrogens with zero attached hydrogens (tertiary/aromatic N) is 1. The third-order valence-corrected chi connectivity index (χ3v) is 3.36. The van der Waals surface area contributed by atoms with E-state index in [-0.39, 0.29) is 18.0 Å². The van der Waals surface area contributed by atoms with Crippen LogP contribution >= 0.6 is 11.6 Å². The van der Waals surface area contributed by atoms with E-state index in [1.165, 1.54) is 0 Å². The number of hydrogen-bond acceptors (Lipinski definition) is 2. The van der Waals surface area contributed by atoms with Crippen LogP contribution in [0.5, 0.6) is 0 Å². The molecule has 4 heteroatoms. The summed E-state index contributed by atoms with van der Waals surface area (Å²) < 4.78 is 0. The van der Waals surface area contributed by atoms with Crippen LogP contribution in [0.1, 0.15) is 24.9 Å². The van der Waals surface area contributed by atoms with Crippen molar-refractivity contribution in [2.24, 2.45) is 5.73 Å². The number of halogens is 1. The average Bonchev–Trinajstić information content (AvgIpc) is 2.58. The van der Waals surface area contributed by atoms with E-state index in [1.54, 1.807) is 4.90 Å². The summed E-state index contributed by atoms with van der Waals surface area (Å²) in [5.41, 5.74) is 6.75. The molecule has 1 amide bonds. The van der Waals surface area contributed by atoms with Crippen molar-refractivity contribution in [3.05, 3.63) is 34.9 Å². The Bertz CT molecular complexity index is 408. The van der Waals surface area contributed by atoms with Gasteiger partial charge in [-0.1, -0.05) is 29.8 Å². The average molecular weight is 239 g/mol. The van der Waals surface area contributed by atoms with Gasteiger partial charge in [0.25, 0.3) is 0 Å². The van der Waals surface area contributed by atoms with Crippen molar-refractivity contribution in [2.45, 2.75) is 25.4 Å². The molecule has 2 N–H and O–H groups in total. The number of nitrogens with two attached hydrogens (primary N) is 1. The first-order valence-electron chi connectivity index (χ1n) is 5.39. The lowest BCUT2D eigenvalue weighted by atomic mass is 10.1. The van der Waals surface area contributed by atoms with Crippen molar-refractivity contribution in [2.75, 3.05) is 6.54 Å². The highest BCUT2D eigenvalue weighted by atomic mass is 35.5. The number of likely N-dealkylation sites (tertiary alicyclic amines) is 1. The molecule has 1 aromatic rings. The molecule has 1 aliphatic rings. The van der Waals surface area contributed by atoms with E-state index in [4.69, 9.17) is 17.3 Å². The van der Waals surface area contributed by atoms with Crippen molar-refractivity contribution in [3.63, 3.8) is 0 Å². The van der Waals surface area contributed by atoms with Crippen molar-refractivity contribution >= 4 is 17.5 Å². The smallest absolute Gasteiger partial charge is 0.224 e. The maximum atomic E-state index is 11.7. The molecule has 0 radical (unpaired) electrons. The molecule has 0 saturated carbocycles. The van der Waals surface area contributed by atoms with Gasteiger partial charge in [-0.3, -0.25) is 4.79 Å². The molecule has 1 heterocycles. The predicted octanol–water partition coefficient (Wildman–Crippen LogP) is 1.96. The van der Waals surface area contributed by atoms with Crippen LogP contribution in [0.2, 0.25) is 5.02 Å². The molecule has 1 saturated heterocycles. The van der Waals surface area contributed by atoms with Crippen molar-refractivity contribution in [3.8, 4) is 0 Å². The summed E-state index contributed by atoms with van der Waals surface area (Å²) in [4.78, 5) is 13.5. The molecule has 16 heavy (non-hydrogen) atoms. The third kappa shape index (κ3) is 2.06. The molecule has 0 bridgehead atoms. The number of hydrogen-bond donors (Lipinski definition) is 1. The highest BCUT2D eigenvalue weighted by Crippen LogP contribution is 2.29. The van der Waals surface area contributed by atoms with Crippen molar-refractivity contribution < 1.29 is 4.79 Å². The first kappa shape index (κ1) is 11.4. The zero-order valence-electron chi connectivity index (χ0n) is 9.19. The first-order chi connectivity index (χ1) is 7.59. The Hall–Kier alpha value is -1.06. The molecular weight excluding hydrogens is 224 g/mol. The van der Waals surface area contributed by atoms with E-state index in [1.807, 2.05) is 31.2 Å². The van der Waals surface area contributed by atoms with Crippen LogP contribution in [0.15, 0.2) is 24.3 Å². The molecule has 0 spiro atoms. The summed E-state index contributed by atoms with van der Waals surface area (Å²) in [5.74, 6) is 0.111. The molecule has 1 aliphatic heterocycles. The molecular formula is C12H15ClN2O. The first-order valence-corrected chi connectivity index (χ1v) is 5.77. The molecule has 2 unspecified atom stereocenters. The molecule has 0 aromatic heterocycles. The van der Waals surface area contributed by atoms with Gasteiger partial charge in [0.05, 0.1) is 6.04 Å². The van der Waals surface area contributed by atoms with Crippen molar-refractivity contribution in [1.82, 2.24) is 4.90 Å². The number of carbonyl (C=O) groups is 1. The largest absolute Gasteiger partial charge is 0.334 e. The number of rotatable bonds is 2. The molecule has 2 atom stereocenters. The van der Waals surface area contributed by atoms with E-state index in [2.05, 4.69) is 0 Å². The highest BCUT2D eigenvalue weighted by Gasteiger charge is 2.31. The Balaban J connectivity index is 2.23. The molecule has 0 aliphatic carbocycles. The maximum Gasteiger partial charge on any atom is 0.224 e. The van der Waals surface area contributed by atoms with Crippen LogP contribution in [0, 0.1) is 0 Å². The Morgan fingerprint density at radius 1 is 1.50 bits per heavy atom. The molecule has 1 fully saturated rings. The predicted molar refractivity (Wildman–Crippen MR) is 64.2 cm³/mol. The number of carbonyl (C=O) groups excluding carboxylic acids is 1. The van der Waals surface area contributed by atoms with Crippen LogP contribution in [0.3, 0.4) is 0 Å². The van der Waals surface area contributed by atoms with Gasteiger partial charge in [-0.15, -0.1) is 0 Å². The molecule has 2 rings (SSSR count). The van der Waals surface area contributed by atoms with E-state index in [9.17, 15) is 4.79 Å². The topological polar surface area (TPSA) is 46.3 Å². The van der Waals surface area contributed by atoms with Gasteiger partial charge >= 0.3 is 0 Å². The number of amides is 1. The summed E-state index contributed by atoms with van der Waals surface area (Å²) in [6.45, 7) is 2.60. The summed E-state index contributed by atoms with van der Waals surface area (Å²) >= 11 is 6.11. The van der Waals surface area contributed by atoms with Gasteiger partial charge < -0.3 is 10.6 Å². The van der Waals surface area contributed by atoms with Crippen LogP contribution in [0.4, 0.5) is 0 Å². The Morgan fingerprint density at radius 2 is 2.19 bits per heavy atom. The van der Waals surface area contributed by atoms with Gasteiger partial charge in [0.1, 0.15) is 0 Å². The monoisotopic (exact) mass is 238 g/mol. The number of benzene rings is 1. The fourth-order valence-electron chi connectivity index (χ4n) is 2.12. The fourth-order valence-corrected chi connectivity index (χ4v) is 2.41. The lowest BCUT2D eigenvalue weighted by Crippen LogP contribution is -2.31.